The minimum atomic E-state index is -0.367. The van der Waals surface area contributed by atoms with Crippen LogP contribution in [0.2, 0.25) is 0 Å². The van der Waals surface area contributed by atoms with Crippen molar-refractivity contribution < 1.29 is 23.2 Å². The highest BCUT2D eigenvalue weighted by Gasteiger charge is 2.26. The number of rotatable bonds is 9. The molecule has 1 N–H and O–H groups in total. The maximum atomic E-state index is 12.8. The number of aromatic nitrogens is 3. The Kier molecular flexibility index (Phi) is 8.00. The molecule has 0 bridgehead atoms. The van der Waals surface area contributed by atoms with Crippen LogP contribution < -0.4 is 5.32 Å². The molecular formula is C26H26N4O5S2. The largest absolute Gasteiger partial charge is 0.463 e. The van der Waals surface area contributed by atoms with Crippen LogP contribution in [-0.4, -0.2) is 39.4 Å². The number of furan rings is 2. The van der Waals surface area contributed by atoms with Crippen LogP contribution in [0, 0.1) is 0 Å². The molecule has 5 rings (SSSR count). The first-order chi connectivity index (χ1) is 18.1. The third kappa shape index (κ3) is 5.78. The van der Waals surface area contributed by atoms with E-state index in [1.54, 1.807) is 43.7 Å². The fourth-order valence-electron chi connectivity index (χ4n) is 4.21. The normalized spacial score (nSPS) is 13.1. The summed E-state index contributed by atoms with van der Waals surface area (Å²) in [6.07, 6.45) is 8.37. The fraction of sp³-hybridized carbons (Fsp3) is 0.346. The smallest absolute Gasteiger partial charge is 0.341 e. The third-order valence-electron chi connectivity index (χ3n) is 5.89. The number of esters is 1. The number of carbonyl (C=O) groups is 2. The molecule has 0 saturated carbocycles. The highest BCUT2D eigenvalue weighted by molar-refractivity contribution is 7.99. The summed E-state index contributed by atoms with van der Waals surface area (Å²) >= 11 is 2.81. The lowest BCUT2D eigenvalue weighted by molar-refractivity contribution is -0.115. The van der Waals surface area contributed by atoms with Gasteiger partial charge in [0, 0.05) is 17.1 Å². The quantitative estimate of drug-likeness (QED) is 0.155. The first kappa shape index (κ1) is 25.2. The Morgan fingerprint density at radius 2 is 1.81 bits per heavy atom. The molecule has 0 spiro atoms. The lowest BCUT2D eigenvalue weighted by atomic mass is 10.1. The van der Waals surface area contributed by atoms with Gasteiger partial charge >= 0.3 is 5.97 Å². The van der Waals surface area contributed by atoms with Gasteiger partial charge in [0.25, 0.3) is 0 Å². The second kappa shape index (κ2) is 11.7. The van der Waals surface area contributed by atoms with Crippen LogP contribution in [-0.2, 0) is 22.4 Å². The van der Waals surface area contributed by atoms with Crippen LogP contribution >= 0.6 is 23.1 Å². The van der Waals surface area contributed by atoms with Crippen molar-refractivity contribution in [1.29, 1.82) is 0 Å². The zero-order chi connectivity index (χ0) is 25.6. The summed E-state index contributed by atoms with van der Waals surface area (Å²) in [7, 11) is 0. The number of aryl methyl sites for hydroxylation is 1. The molecule has 0 fully saturated rings. The van der Waals surface area contributed by atoms with E-state index < -0.39 is 0 Å². The van der Waals surface area contributed by atoms with E-state index in [1.165, 1.54) is 28.0 Å². The average molecular weight is 539 g/mol. The van der Waals surface area contributed by atoms with Gasteiger partial charge in [-0.2, -0.15) is 0 Å². The van der Waals surface area contributed by atoms with Crippen LogP contribution in [0.5, 0.6) is 0 Å². The molecule has 9 nitrogen and oxygen atoms in total. The number of thiophene rings is 1. The summed E-state index contributed by atoms with van der Waals surface area (Å²) in [5.74, 6) is 0.971. The zero-order valence-electron chi connectivity index (χ0n) is 20.3. The second-order valence-corrected chi connectivity index (χ2v) is 10.5. The maximum Gasteiger partial charge on any atom is 0.341 e. The molecule has 0 saturated heterocycles. The summed E-state index contributed by atoms with van der Waals surface area (Å²) in [6, 6.07) is 7.12. The Hall–Kier alpha value is -3.44. The molecule has 0 aliphatic heterocycles. The molecule has 0 atom stereocenters. The number of fused-ring (bicyclic) bond motifs is 1. The molecule has 192 valence electrons. The molecule has 1 aliphatic carbocycles. The zero-order valence-corrected chi connectivity index (χ0v) is 22.0. The van der Waals surface area contributed by atoms with Crippen LogP contribution in [0.3, 0.4) is 0 Å². The van der Waals surface area contributed by atoms with Crippen LogP contribution in [0.15, 0.2) is 50.8 Å². The number of thioether (sulfide) groups is 1. The summed E-state index contributed by atoms with van der Waals surface area (Å²) in [6.45, 7) is 2.08. The van der Waals surface area contributed by atoms with Crippen molar-refractivity contribution in [2.75, 3.05) is 17.7 Å². The number of carbonyl (C=O) groups excluding carboxylic acids is 2. The maximum absolute atomic E-state index is 12.8. The molecule has 1 aliphatic rings. The van der Waals surface area contributed by atoms with E-state index in [1.807, 2.05) is 0 Å². The lowest BCUT2D eigenvalue weighted by Crippen LogP contribution is -2.15. The minimum absolute atomic E-state index is 0.180. The lowest BCUT2D eigenvalue weighted by Gasteiger charge is -2.08. The van der Waals surface area contributed by atoms with Crippen molar-refractivity contribution >= 4 is 40.0 Å². The van der Waals surface area contributed by atoms with Crippen LogP contribution in [0.4, 0.5) is 5.00 Å². The van der Waals surface area contributed by atoms with E-state index in [-0.39, 0.29) is 18.3 Å². The molecule has 4 aromatic heterocycles. The Labute approximate surface area is 222 Å². The van der Waals surface area contributed by atoms with Gasteiger partial charge in [-0.05, 0) is 62.4 Å². The molecule has 4 aromatic rings. The van der Waals surface area contributed by atoms with Gasteiger partial charge in [-0.25, -0.2) is 9.78 Å². The predicted molar refractivity (Wildman–Crippen MR) is 141 cm³/mol. The van der Waals surface area contributed by atoms with E-state index in [0.29, 0.717) is 51.0 Å². The standard InChI is InChI=1S/C26H26N4O5S2/c1-2-33-25(32)21-16-8-4-3-5-11-19(16)37-24(21)27-20(31)12-15-36-26-28-22(17-9-6-13-34-17)23(29-30-26)18-10-7-14-35-18/h6-7,9-10,13-14H,2-5,8,11-12,15H2,1H3,(H,27,31). The second-order valence-electron chi connectivity index (χ2n) is 8.38. The fourth-order valence-corrected chi connectivity index (χ4v) is 6.23. The molecule has 37 heavy (non-hydrogen) atoms. The van der Waals surface area contributed by atoms with E-state index in [0.717, 1.165) is 37.7 Å². The number of nitrogens with zero attached hydrogens (tertiary/aromatic N) is 3. The highest BCUT2D eigenvalue weighted by atomic mass is 32.2. The number of anilines is 1. The van der Waals surface area contributed by atoms with Crippen LogP contribution in [0.1, 0.15) is 53.4 Å². The van der Waals surface area contributed by atoms with Gasteiger partial charge < -0.3 is 18.9 Å². The van der Waals surface area contributed by atoms with Crippen molar-refractivity contribution in [1.82, 2.24) is 15.2 Å². The Morgan fingerprint density at radius 1 is 1.05 bits per heavy atom. The molecule has 0 unspecified atom stereocenters. The van der Waals surface area contributed by atoms with Crippen molar-refractivity contribution in [3.63, 3.8) is 0 Å². The molecule has 11 heteroatoms. The monoisotopic (exact) mass is 538 g/mol. The predicted octanol–water partition coefficient (Wildman–Crippen LogP) is 6.02. The van der Waals surface area contributed by atoms with E-state index in [2.05, 4.69) is 20.5 Å². The van der Waals surface area contributed by atoms with Crippen molar-refractivity contribution in [2.45, 2.75) is 50.6 Å². The van der Waals surface area contributed by atoms with E-state index >= 15 is 0 Å². The molecule has 0 aromatic carbocycles. The molecule has 0 radical (unpaired) electrons. The summed E-state index contributed by atoms with van der Waals surface area (Å²) in [4.78, 5) is 31.3. The van der Waals surface area contributed by atoms with Crippen molar-refractivity contribution in [3.05, 3.63) is 52.8 Å². The van der Waals surface area contributed by atoms with Gasteiger partial charge in [-0.3, -0.25) is 4.79 Å². The summed E-state index contributed by atoms with van der Waals surface area (Å²) in [5.41, 5.74) is 2.55. The number of hydrogen-bond donors (Lipinski definition) is 1. The first-order valence-electron chi connectivity index (χ1n) is 12.2. The number of amides is 1. The van der Waals surface area contributed by atoms with Gasteiger partial charge in [0.05, 0.1) is 24.7 Å². The van der Waals surface area contributed by atoms with Crippen molar-refractivity contribution in [2.24, 2.45) is 0 Å². The minimum Gasteiger partial charge on any atom is -0.463 e. The Morgan fingerprint density at radius 3 is 2.54 bits per heavy atom. The highest BCUT2D eigenvalue weighted by Crippen LogP contribution is 2.38. The summed E-state index contributed by atoms with van der Waals surface area (Å²) < 4.78 is 16.3. The number of ether oxygens (including phenoxy) is 1. The summed E-state index contributed by atoms with van der Waals surface area (Å²) in [5, 5.41) is 12.5. The topological polar surface area (TPSA) is 120 Å². The molecule has 1 amide bonds. The van der Waals surface area contributed by atoms with Gasteiger partial charge in [-0.1, -0.05) is 18.2 Å². The van der Waals surface area contributed by atoms with Gasteiger partial charge in [0.2, 0.25) is 11.1 Å². The number of nitrogens with one attached hydrogen (secondary N) is 1. The third-order valence-corrected chi connectivity index (χ3v) is 7.94. The Bertz CT molecular complexity index is 1370. The number of hydrogen-bond acceptors (Lipinski definition) is 10. The van der Waals surface area contributed by atoms with E-state index in [4.69, 9.17) is 13.6 Å². The van der Waals surface area contributed by atoms with E-state index in [9.17, 15) is 9.59 Å². The van der Waals surface area contributed by atoms with Gasteiger partial charge in [-0.15, -0.1) is 21.5 Å². The first-order valence-corrected chi connectivity index (χ1v) is 14.0. The molecular weight excluding hydrogens is 512 g/mol. The average Bonchev–Trinajstić information content (AvgIpc) is 3.64. The SMILES string of the molecule is CCOC(=O)c1c(NC(=O)CCSc2nnc(-c3ccco3)c(-c3ccco3)n2)sc2c1CCCCC2. The Balaban J connectivity index is 1.26. The molecule has 4 heterocycles. The van der Waals surface area contributed by atoms with Gasteiger partial charge in [0.1, 0.15) is 10.7 Å². The van der Waals surface area contributed by atoms with Crippen LogP contribution in [0.25, 0.3) is 22.9 Å². The van der Waals surface area contributed by atoms with Crippen molar-refractivity contribution in [3.8, 4) is 22.9 Å². The van der Waals surface area contributed by atoms with Gasteiger partial charge in [0.15, 0.2) is 17.2 Å².